The second-order valence-electron chi connectivity index (χ2n) is 3.47. The van der Waals surface area contributed by atoms with Gasteiger partial charge in [0.2, 0.25) is 0 Å². The number of carbonyl (C=O) groups excluding carboxylic acids is 1. The number of carbonyl (C=O) groups is 1. The summed E-state index contributed by atoms with van der Waals surface area (Å²) < 4.78 is 6.38. The summed E-state index contributed by atoms with van der Waals surface area (Å²) >= 11 is 1.71. The predicted molar refractivity (Wildman–Crippen MR) is 62.0 cm³/mol. The van der Waals surface area contributed by atoms with Gasteiger partial charge in [-0.25, -0.2) is 0 Å². The van der Waals surface area contributed by atoms with E-state index in [1.165, 1.54) is 17.0 Å². The van der Waals surface area contributed by atoms with Crippen molar-refractivity contribution in [1.29, 1.82) is 0 Å². The van der Waals surface area contributed by atoms with E-state index in [9.17, 15) is 4.79 Å². The Morgan fingerprint density at radius 2 is 2.20 bits per heavy atom. The molecule has 0 saturated carbocycles. The Balaban J connectivity index is 2.30. The van der Waals surface area contributed by atoms with Gasteiger partial charge in [-0.3, -0.25) is 4.79 Å². The van der Waals surface area contributed by atoms with Crippen LogP contribution < -0.4 is 0 Å². The minimum absolute atomic E-state index is 0.174. The highest BCUT2D eigenvalue weighted by atomic mass is 32.1. The third-order valence-electron chi connectivity index (χ3n) is 2.29. The van der Waals surface area contributed by atoms with Crippen LogP contribution in [-0.2, 0) is 9.53 Å². The Hall–Kier alpha value is -1.35. The zero-order valence-corrected chi connectivity index (χ0v) is 9.51. The summed E-state index contributed by atoms with van der Waals surface area (Å²) in [6, 6.07) is 8.21. The van der Waals surface area contributed by atoms with E-state index in [0.29, 0.717) is 0 Å². The average molecular weight is 220 g/mol. The van der Waals surface area contributed by atoms with E-state index in [-0.39, 0.29) is 12.1 Å². The van der Waals surface area contributed by atoms with E-state index < -0.39 is 0 Å². The first-order valence-corrected chi connectivity index (χ1v) is 5.69. The molecule has 0 saturated heterocycles. The molecule has 2 rings (SSSR count). The number of ether oxygens (including phenoxy) is 1. The number of thiophene rings is 1. The summed E-state index contributed by atoms with van der Waals surface area (Å²) in [4.78, 5) is 10.8. The molecule has 0 fully saturated rings. The SMILES string of the molecule is CC(=O)OC(C)c1ccc2sccc2c1. The van der Waals surface area contributed by atoms with E-state index in [0.717, 1.165) is 5.56 Å². The lowest BCUT2D eigenvalue weighted by Crippen LogP contribution is -2.04. The fourth-order valence-corrected chi connectivity index (χ4v) is 2.33. The van der Waals surface area contributed by atoms with E-state index in [1.54, 1.807) is 11.3 Å². The Morgan fingerprint density at radius 3 is 2.93 bits per heavy atom. The second-order valence-corrected chi connectivity index (χ2v) is 4.42. The maximum absolute atomic E-state index is 10.8. The Kier molecular flexibility index (Phi) is 2.73. The van der Waals surface area contributed by atoms with Crippen molar-refractivity contribution in [1.82, 2.24) is 0 Å². The van der Waals surface area contributed by atoms with Crippen LogP contribution in [0, 0.1) is 0 Å². The third kappa shape index (κ3) is 2.18. The molecule has 1 heterocycles. The molecule has 2 aromatic rings. The van der Waals surface area contributed by atoms with Crippen LogP contribution >= 0.6 is 11.3 Å². The molecule has 1 aromatic heterocycles. The Bertz CT molecular complexity index is 487. The van der Waals surface area contributed by atoms with E-state index in [2.05, 4.69) is 23.6 Å². The first-order chi connectivity index (χ1) is 7.16. The lowest BCUT2D eigenvalue weighted by atomic mass is 10.1. The summed E-state index contributed by atoms with van der Waals surface area (Å²) in [6.45, 7) is 3.31. The maximum Gasteiger partial charge on any atom is 0.303 e. The molecule has 3 heteroatoms. The molecule has 0 spiro atoms. The van der Waals surface area contributed by atoms with Crippen LogP contribution in [0.1, 0.15) is 25.5 Å². The van der Waals surface area contributed by atoms with Gasteiger partial charge in [0.25, 0.3) is 0 Å². The summed E-state index contributed by atoms with van der Waals surface area (Å²) in [5.41, 5.74) is 1.04. The fourth-order valence-electron chi connectivity index (χ4n) is 1.55. The highest BCUT2D eigenvalue weighted by Crippen LogP contribution is 2.25. The third-order valence-corrected chi connectivity index (χ3v) is 3.19. The minimum atomic E-state index is -0.243. The largest absolute Gasteiger partial charge is 0.458 e. The molecule has 0 N–H and O–H groups in total. The number of fused-ring (bicyclic) bond motifs is 1. The molecule has 1 unspecified atom stereocenters. The highest BCUT2D eigenvalue weighted by molar-refractivity contribution is 7.17. The molecular formula is C12H12O2S. The van der Waals surface area contributed by atoms with Gasteiger partial charge in [-0.05, 0) is 41.5 Å². The van der Waals surface area contributed by atoms with Crippen LogP contribution in [-0.4, -0.2) is 5.97 Å². The number of esters is 1. The molecular weight excluding hydrogens is 208 g/mol. The molecule has 2 nitrogen and oxygen atoms in total. The number of benzene rings is 1. The topological polar surface area (TPSA) is 26.3 Å². The van der Waals surface area contributed by atoms with Crippen LogP contribution in [0.15, 0.2) is 29.6 Å². The zero-order chi connectivity index (χ0) is 10.8. The van der Waals surface area contributed by atoms with Crippen molar-refractivity contribution in [3.8, 4) is 0 Å². The first-order valence-electron chi connectivity index (χ1n) is 4.81. The summed E-state index contributed by atoms with van der Waals surface area (Å²) in [7, 11) is 0. The average Bonchev–Trinajstić information content (AvgIpc) is 2.62. The maximum atomic E-state index is 10.8. The normalized spacial score (nSPS) is 12.7. The monoisotopic (exact) mass is 220 g/mol. The Morgan fingerprint density at radius 1 is 1.40 bits per heavy atom. The van der Waals surface area contributed by atoms with Crippen LogP contribution in [0.4, 0.5) is 0 Å². The number of rotatable bonds is 2. The first kappa shape index (κ1) is 10.2. The number of hydrogen-bond donors (Lipinski definition) is 0. The van der Waals surface area contributed by atoms with Crippen LogP contribution in [0.5, 0.6) is 0 Å². The van der Waals surface area contributed by atoms with Crippen LogP contribution in [0.25, 0.3) is 10.1 Å². The summed E-state index contributed by atoms with van der Waals surface area (Å²) in [5, 5.41) is 3.27. The van der Waals surface area contributed by atoms with Gasteiger partial charge in [0, 0.05) is 11.6 Å². The van der Waals surface area contributed by atoms with Crippen molar-refractivity contribution in [3.05, 3.63) is 35.2 Å². The zero-order valence-electron chi connectivity index (χ0n) is 8.69. The summed E-state index contributed by atoms with van der Waals surface area (Å²) in [6.07, 6.45) is -0.174. The van der Waals surface area contributed by atoms with Gasteiger partial charge in [0.05, 0.1) is 0 Å². The molecule has 0 aliphatic carbocycles. The van der Waals surface area contributed by atoms with Crippen molar-refractivity contribution >= 4 is 27.4 Å². The minimum Gasteiger partial charge on any atom is -0.458 e. The Labute approximate surface area is 92.5 Å². The summed E-state index contributed by atoms with van der Waals surface area (Å²) in [5.74, 6) is -0.243. The molecule has 1 aromatic carbocycles. The van der Waals surface area contributed by atoms with Crippen molar-refractivity contribution in [2.24, 2.45) is 0 Å². The van der Waals surface area contributed by atoms with E-state index in [1.807, 2.05) is 13.0 Å². The smallest absolute Gasteiger partial charge is 0.303 e. The van der Waals surface area contributed by atoms with Crippen LogP contribution in [0.2, 0.25) is 0 Å². The second kappa shape index (κ2) is 4.03. The number of hydrogen-bond acceptors (Lipinski definition) is 3. The van der Waals surface area contributed by atoms with Crippen molar-refractivity contribution in [2.75, 3.05) is 0 Å². The molecule has 78 valence electrons. The van der Waals surface area contributed by atoms with Gasteiger partial charge in [0.1, 0.15) is 6.10 Å². The van der Waals surface area contributed by atoms with Gasteiger partial charge in [-0.2, -0.15) is 0 Å². The molecule has 1 atom stereocenters. The molecule has 15 heavy (non-hydrogen) atoms. The fraction of sp³-hybridized carbons (Fsp3) is 0.250. The molecule has 0 aliphatic heterocycles. The van der Waals surface area contributed by atoms with Crippen molar-refractivity contribution in [2.45, 2.75) is 20.0 Å². The highest BCUT2D eigenvalue weighted by Gasteiger charge is 2.08. The quantitative estimate of drug-likeness (QED) is 0.724. The van der Waals surface area contributed by atoms with Crippen molar-refractivity contribution < 1.29 is 9.53 Å². The van der Waals surface area contributed by atoms with Crippen LogP contribution in [0.3, 0.4) is 0 Å². The van der Waals surface area contributed by atoms with E-state index >= 15 is 0 Å². The lowest BCUT2D eigenvalue weighted by molar-refractivity contribution is -0.145. The molecule has 0 radical (unpaired) electrons. The van der Waals surface area contributed by atoms with Gasteiger partial charge < -0.3 is 4.74 Å². The molecule has 0 bridgehead atoms. The lowest BCUT2D eigenvalue weighted by Gasteiger charge is -2.11. The van der Waals surface area contributed by atoms with Gasteiger partial charge >= 0.3 is 5.97 Å². The van der Waals surface area contributed by atoms with Gasteiger partial charge in [-0.1, -0.05) is 6.07 Å². The van der Waals surface area contributed by atoms with E-state index in [4.69, 9.17) is 4.74 Å². The van der Waals surface area contributed by atoms with Gasteiger partial charge in [0.15, 0.2) is 0 Å². The standard InChI is InChI=1S/C12H12O2S/c1-8(14-9(2)13)10-3-4-12-11(7-10)5-6-15-12/h3-8H,1-2H3. The predicted octanol–water partition coefficient (Wildman–Crippen LogP) is 3.53. The van der Waals surface area contributed by atoms with Crippen molar-refractivity contribution in [3.63, 3.8) is 0 Å². The molecule has 0 aliphatic rings. The molecule has 0 amide bonds. The van der Waals surface area contributed by atoms with Gasteiger partial charge in [-0.15, -0.1) is 11.3 Å².